The first-order valence-electron chi connectivity index (χ1n) is 6.35. The zero-order chi connectivity index (χ0) is 13.2. The Morgan fingerprint density at radius 2 is 2.16 bits per heavy atom. The lowest BCUT2D eigenvalue weighted by molar-refractivity contribution is -0.120. The fraction of sp³-hybridized carbons (Fsp3) is 0.462. The molecule has 0 radical (unpaired) electrons. The zero-order valence-corrected chi connectivity index (χ0v) is 11.1. The van der Waals surface area contributed by atoms with Gasteiger partial charge in [-0.1, -0.05) is 11.6 Å². The van der Waals surface area contributed by atoms with Crippen molar-refractivity contribution in [3.05, 3.63) is 17.2 Å². The number of anilines is 1. The van der Waals surface area contributed by atoms with Gasteiger partial charge in [0, 0.05) is 18.7 Å². The van der Waals surface area contributed by atoms with Gasteiger partial charge in [0.1, 0.15) is 0 Å². The van der Waals surface area contributed by atoms with E-state index in [0.29, 0.717) is 28.8 Å². The Kier molecular flexibility index (Phi) is 3.48. The van der Waals surface area contributed by atoms with Crippen LogP contribution in [0.3, 0.4) is 0 Å². The highest BCUT2D eigenvalue weighted by Gasteiger charge is 2.23. The van der Waals surface area contributed by atoms with Gasteiger partial charge >= 0.3 is 0 Å². The molecule has 0 aliphatic carbocycles. The van der Waals surface area contributed by atoms with Gasteiger partial charge in [0.05, 0.1) is 16.6 Å². The van der Waals surface area contributed by atoms with Crippen LogP contribution in [-0.2, 0) is 4.79 Å². The monoisotopic (exact) mass is 282 g/mol. The SMILES string of the molecule is O=C(Nc1cc2c(cc1Cl)OCO2)C1CCCNC1. The second-order valence-corrected chi connectivity index (χ2v) is 5.13. The highest BCUT2D eigenvalue weighted by atomic mass is 35.5. The number of fused-ring (bicyclic) bond motifs is 1. The second kappa shape index (κ2) is 5.27. The normalized spacial score (nSPS) is 21.2. The summed E-state index contributed by atoms with van der Waals surface area (Å²) in [5, 5.41) is 6.54. The van der Waals surface area contributed by atoms with Crippen molar-refractivity contribution >= 4 is 23.2 Å². The van der Waals surface area contributed by atoms with Crippen LogP contribution in [0.2, 0.25) is 5.02 Å². The third-order valence-corrected chi connectivity index (χ3v) is 3.70. The molecule has 1 aromatic rings. The first kappa shape index (κ1) is 12.6. The molecule has 6 heteroatoms. The van der Waals surface area contributed by atoms with Crippen LogP contribution in [0.15, 0.2) is 12.1 Å². The number of hydrogen-bond donors (Lipinski definition) is 2. The second-order valence-electron chi connectivity index (χ2n) is 4.72. The van der Waals surface area contributed by atoms with Crippen LogP contribution in [0.4, 0.5) is 5.69 Å². The number of benzene rings is 1. The van der Waals surface area contributed by atoms with Gasteiger partial charge in [-0.25, -0.2) is 0 Å². The van der Waals surface area contributed by atoms with Crippen molar-refractivity contribution in [3.8, 4) is 11.5 Å². The van der Waals surface area contributed by atoms with Crippen LogP contribution in [0.25, 0.3) is 0 Å². The van der Waals surface area contributed by atoms with E-state index >= 15 is 0 Å². The topological polar surface area (TPSA) is 59.6 Å². The van der Waals surface area contributed by atoms with Crippen molar-refractivity contribution in [2.75, 3.05) is 25.2 Å². The zero-order valence-electron chi connectivity index (χ0n) is 10.4. The van der Waals surface area contributed by atoms with Crippen molar-refractivity contribution in [2.45, 2.75) is 12.8 Å². The summed E-state index contributed by atoms with van der Waals surface area (Å²) in [6.45, 7) is 1.89. The molecule has 3 rings (SSSR count). The summed E-state index contributed by atoms with van der Waals surface area (Å²) in [5.41, 5.74) is 0.571. The largest absolute Gasteiger partial charge is 0.454 e. The van der Waals surface area contributed by atoms with E-state index in [2.05, 4.69) is 10.6 Å². The summed E-state index contributed by atoms with van der Waals surface area (Å²) in [6.07, 6.45) is 1.92. The lowest BCUT2D eigenvalue weighted by Gasteiger charge is -2.22. The van der Waals surface area contributed by atoms with Gasteiger partial charge in [0.15, 0.2) is 11.5 Å². The fourth-order valence-corrected chi connectivity index (χ4v) is 2.52. The molecule has 0 saturated carbocycles. The van der Waals surface area contributed by atoms with Crippen molar-refractivity contribution in [1.29, 1.82) is 0 Å². The Hall–Kier alpha value is -1.46. The molecule has 0 bridgehead atoms. The number of rotatable bonds is 2. The van der Waals surface area contributed by atoms with Gasteiger partial charge in [-0.15, -0.1) is 0 Å². The number of ether oxygens (including phenoxy) is 2. The molecule has 0 aromatic heterocycles. The van der Waals surface area contributed by atoms with E-state index in [1.807, 2.05) is 0 Å². The van der Waals surface area contributed by atoms with Crippen molar-refractivity contribution in [3.63, 3.8) is 0 Å². The molecule has 2 N–H and O–H groups in total. The van der Waals surface area contributed by atoms with Gasteiger partial charge in [0.2, 0.25) is 12.7 Å². The number of hydrogen-bond acceptors (Lipinski definition) is 4. The number of halogens is 1. The van der Waals surface area contributed by atoms with Crippen LogP contribution < -0.4 is 20.1 Å². The molecule has 2 aliphatic heterocycles. The predicted octanol–water partition coefficient (Wildman–Crippen LogP) is 2.01. The first-order chi connectivity index (χ1) is 9.24. The van der Waals surface area contributed by atoms with Crippen molar-refractivity contribution < 1.29 is 14.3 Å². The Labute approximate surface area is 116 Å². The minimum Gasteiger partial charge on any atom is -0.454 e. The van der Waals surface area contributed by atoms with E-state index in [1.54, 1.807) is 12.1 Å². The fourth-order valence-electron chi connectivity index (χ4n) is 2.32. The van der Waals surface area contributed by atoms with Crippen LogP contribution in [0, 0.1) is 5.92 Å². The van der Waals surface area contributed by atoms with E-state index in [1.165, 1.54) is 0 Å². The van der Waals surface area contributed by atoms with Gasteiger partial charge in [-0.2, -0.15) is 0 Å². The molecule has 1 amide bonds. The molecule has 1 saturated heterocycles. The molecule has 0 spiro atoms. The first-order valence-corrected chi connectivity index (χ1v) is 6.72. The third-order valence-electron chi connectivity index (χ3n) is 3.39. The molecular formula is C13H15ClN2O3. The summed E-state index contributed by atoms with van der Waals surface area (Å²) in [6, 6.07) is 3.37. The molecule has 1 unspecified atom stereocenters. The number of amides is 1. The average Bonchev–Trinajstić information content (AvgIpc) is 2.87. The number of carbonyl (C=O) groups excluding carboxylic acids is 1. The van der Waals surface area contributed by atoms with Gasteiger partial charge in [-0.3, -0.25) is 4.79 Å². The summed E-state index contributed by atoms with van der Waals surface area (Å²) in [5.74, 6) is 1.21. The maximum absolute atomic E-state index is 12.1. The number of piperidine rings is 1. The minimum atomic E-state index is -0.00651. The summed E-state index contributed by atoms with van der Waals surface area (Å²) >= 11 is 6.13. The molecule has 102 valence electrons. The number of carbonyl (C=O) groups is 1. The Balaban J connectivity index is 1.74. The van der Waals surface area contributed by atoms with Crippen LogP contribution in [0.5, 0.6) is 11.5 Å². The highest BCUT2D eigenvalue weighted by molar-refractivity contribution is 6.34. The quantitative estimate of drug-likeness (QED) is 0.871. The van der Waals surface area contributed by atoms with Gasteiger partial charge < -0.3 is 20.1 Å². The molecule has 2 heterocycles. The Morgan fingerprint density at radius 3 is 2.89 bits per heavy atom. The lowest BCUT2D eigenvalue weighted by atomic mass is 9.99. The highest BCUT2D eigenvalue weighted by Crippen LogP contribution is 2.39. The van der Waals surface area contributed by atoms with Crippen molar-refractivity contribution in [2.24, 2.45) is 5.92 Å². The van der Waals surface area contributed by atoms with Crippen LogP contribution in [-0.4, -0.2) is 25.8 Å². The van der Waals surface area contributed by atoms with E-state index in [0.717, 1.165) is 19.4 Å². The minimum absolute atomic E-state index is 0.00441. The lowest BCUT2D eigenvalue weighted by Crippen LogP contribution is -2.37. The maximum Gasteiger partial charge on any atom is 0.231 e. The molecule has 1 atom stereocenters. The number of nitrogens with one attached hydrogen (secondary N) is 2. The third kappa shape index (κ3) is 2.62. The molecule has 19 heavy (non-hydrogen) atoms. The molecule has 2 aliphatic rings. The molecule has 1 aromatic carbocycles. The summed E-state index contributed by atoms with van der Waals surface area (Å²) in [7, 11) is 0. The standard InChI is InChI=1S/C13H15ClN2O3/c14-9-4-11-12(19-7-18-11)5-10(9)16-13(17)8-2-1-3-15-6-8/h4-5,8,15H,1-3,6-7H2,(H,16,17). The molecular weight excluding hydrogens is 268 g/mol. The molecule has 5 nitrogen and oxygen atoms in total. The Bertz CT molecular complexity index is 501. The summed E-state index contributed by atoms with van der Waals surface area (Å²) in [4.78, 5) is 12.1. The van der Waals surface area contributed by atoms with E-state index < -0.39 is 0 Å². The Morgan fingerprint density at radius 1 is 1.37 bits per heavy atom. The van der Waals surface area contributed by atoms with Crippen LogP contribution in [0.1, 0.15) is 12.8 Å². The van der Waals surface area contributed by atoms with E-state index in [9.17, 15) is 4.79 Å². The van der Waals surface area contributed by atoms with Gasteiger partial charge in [-0.05, 0) is 19.4 Å². The smallest absolute Gasteiger partial charge is 0.231 e. The van der Waals surface area contributed by atoms with Crippen molar-refractivity contribution in [1.82, 2.24) is 5.32 Å². The summed E-state index contributed by atoms with van der Waals surface area (Å²) < 4.78 is 10.5. The average molecular weight is 283 g/mol. The van der Waals surface area contributed by atoms with E-state index in [-0.39, 0.29) is 18.6 Å². The predicted molar refractivity (Wildman–Crippen MR) is 71.8 cm³/mol. The van der Waals surface area contributed by atoms with Crippen LogP contribution >= 0.6 is 11.6 Å². The van der Waals surface area contributed by atoms with E-state index in [4.69, 9.17) is 21.1 Å². The van der Waals surface area contributed by atoms with Gasteiger partial charge in [0.25, 0.3) is 0 Å². The molecule has 1 fully saturated rings. The maximum atomic E-state index is 12.1.